The van der Waals surface area contributed by atoms with Crippen LogP contribution < -0.4 is 15.8 Å². The van der Waals surface area contributed by atoms with Crippen LogP contribution >= 0.6 is 23.7 Å². The summed E-state index contributed by atoms with van der Waals surface area (Å²) in [6.07, 6.45) is 0.620. The van der Waals surface area contributed by atoms with Crippen LogP contribution in [0.1, 0.15) is 10.6 Å². The predicted molar refractivity (Wildman–Crippen MR) is 91.4 cm³/mol. The van der Waals surface area contributed by atoms with E-state index in [1.807, 2.05) is 24.3 Å². The van der Waals surface area contributed by atoms with Gasteiger partial charge in [0.15, 0.2) is 0 Å². The maximum Gasteiger partial charge on any atom is 0.245 e. The molecule has 126 valence electrons. The van der Waals surface area contributed by atoms with Gasteiger partial charge in [-0.2, -0.15) is 0 Å². The molecule has 0 saturated heterocycles. The number of carbonyl (C=O) groups excluding carboxylic acids is 1. The van der Waals surface area contributed by atoms with Crippen molar-refractivity contribution >= 4 is 34.8 Å². The second-order valence-corrected chi connectivity index (χ2v) is 5.64. The normalized spacial score (nSPS) is 11.4. The summed E-state index contributed by atoms with van der Waals surface area (Å²) in [7, 11) is 3.12. The molecule has 7 nitrogen and oxygen atoms in total. The molecule has 1 amide bonds. The van der Waals surface area contributed by atoms with Crippen molar-refractivity contribution in [3.8, 4) is 5.75 Å². The van der Waals surface area contributed by atoms with E-state index >= 15 is 0 Å². The highest BCUT2D eigenvalue weighted by Crippen LogP contribution is 2.20. The maximum absolute atomic E-state index is 11.8. The molecule has 0 aliphatic heterocycles. The van der Waals surface area contributed by atoms with Crippen molar-refractivity contribution in [3.63, 3.8) is 0 Å². The van der Waals surface area contributed by atoms with Crippen LogP contribution in [-0.4, -0.2) is 43.0 Å². The molecule has 0 aliphatic rings. The van der Waals surface area contributed by atoms with E-state index in [2.05, 4.69) is 15.5 Å². The summed E-state index contributed by atoms with van der Waals surface area (Å²) in [6, 6.07) is 6.99. The summed E-state index contributed by atoms with van der Waals surface area (Å²) in [5.74, 6) is 0.451. The Hall–Kier alpha value is -1.74. The van der Waals surface area contributed by atoms with E-state index in [9.17, 15) is 4.79 Å². The van der Waals surface area contributed by atoms with Gasteiger partial charge in [-0.3, -0.25) is 10.1 Å². The molecule has 1 aromatic heterocycles. The number of methoxy groups -OCH3 is 2. The Bertz CT molecular complexity index is 638. The number of nitrogens with two attached hydrogens (primary N) is 1. The molecule has 0 spiro atoms. The Morgan fingerprint density at radius 3 is 2.87 bits per heavy atom. The van der Waals surface area contributed by atoms with Gasteiger partial charge in [-0.15, -0.1) is 22.6 Å². The highest BCUT2D eigenvalue weighted by Gasteiger charge is 2.15. The van der Waals surface area contributed by atoms with E-state index < -0.39 is 6.04 Å². The smallest absolute Gasteiger partial charge is 0.245 e. The molecule has 2 rings (SSSR count). The minimum Gasteiger partial charge on any atom is -0.497 e. The molecule has 0 aliphatic carbocycles. The fraction of sp³-hybridized carbons (Fsp3) is 0.357. The molecular formula is C14H19ClN4O3S. The molecule has 1 heterocycles. The third-order valence-corrected chi connectivity index (χ3v) is 3.71. The van der Waals surface area contributed by atoms with Crippen LogP contribution in [0.5, 0.6) is 5.75 Å². The summed E-state index contributed by atoms with van der Waals surface area (Å²) in [6.45, 7) is 0.154. The molecule has 1 unspecified atom stereocenters. The first-order valence-corrected chi connectivity index (χ1v) is 7.44. The van der Waals surface area contributed by atoms with Crippen LogP contribution in [0.3, 0.4) is 0 Å². The number of ether oxygens (including phenoxy) is 2. The van der Waals surface area contributed by atoms with Gasteiger partial charge in [-0.05, 0) is 17.7 Å². The van der Waals surface area contributed by atoms with Gasteiger partial charge in [0.2, 0.25) is 11.0 Å². The van der Waals surface area contributed by atoms with Crippen molar-refractivity contribution in [1.29, 1.82) is 0 Å². The first kappa shape index (κ1) is 19.3. The SMILES string of the molecule is COCC(N)C(=O)Nc1nnc(Cc2cccc(OC)c2)s1.Cl. The third-order valence-electron chi connectivity index (χ3n) is 2.87. The summed E-state index contributed by atoms with van der Waals surface area (Å²) in [4.78, 5) is 11.8. The lowest BCUT2D eigenvalue weighted by Gasteiger charge is -2.08. The molecule has 0 radical (unpaired) electrons. The zero-order valence-corrected chi connectivity index (χ0v) is 14.4. The van der Waals surface area contributed by atoms with Gasteiger partial charge in [0, 0.05) is 13.5 Å². The van der Waals surface area contributed by atoms with Crippen LogP contribution in [0, 0.1) is 0 Å². The number of aromatic nitrogens is 2. The van der Waals surface area contributed by atoms with Gasteiger partial charge in [0.1, 0.15) is 16.8 Å². The van der Waals surface area contributed by atoms with Crippen molar-refractivity contribution in [1.82, 2.24) is 10.2 Å². The number of hydrogen-bond acceptors (Lipinski definition) is 7. The van der Waals surface area contributed by atoms with E-state index in [0.717, 1.165) is 16.3 Å². The molecule has 1 aromatic carbocycles. The Balaban J connectivity index is 0.00000264. The lowest BCUT2D eigenvalue weighted by atomic mass is 10.1. The minimum absolute atomic E-state index is 0. The van der Waals surface area contributed by atoms with Gasteiger partial charge in [-0.25, -0.2) is 0 Å². The van der Waals surface area contributed by atoms with Crippen molar-refractivity contribution in [2.45, 2.75) is 12.5 Å². The van der Waals surface area contributed by atoms with Gasteiger partial charge in [-0.1, -0.05) is 23.5 Å². The van der Waals surface area contributed by atoms with Crippen molar-refractivity contribution < 1.29 is 14.3 Å². The third kappa shape index (κ3) is 5.76. The van der Waals surface area contributed by atoms with Gasteiger partial charge in [0.25, 0.3) is 0 Å². The molecular weight excluding hydrogens is 340 g/mol. The Morgan fingerprint density at radius 1 is 1.39 bits per heavy atom. The van der Waals surface area contributed by atoms with Gasteiger partial charge >= 0.3 is 0 Å². The number of nitrogens with one attached hydrogen (secondary N) is 1. The average molecular weight is 359 g/mol. The number of halogens is 1. The summed E-state index contributed by atoms with van der Waals surface area (Å²) in [5.41, 5.74) is 6.70. The van der Waals surface area contributed by atoms with Crippen LogP contribution in [-0.2, 0) is 16.0 Å². The van der Waals surface area contributed by atoms with E-state index in [1.165, 1.54) is 18.4 Å². The van der Waals surface area contributed by atoms with Crippen molar-refractivity contribution in [2.75, 3.05) is 26.1 Å². The number of carbonyl (C=O) groups is 1. The number of hydrogen-bond donors (Lipinski definition) is 2. The second kappa shape index (κ2) is 9.41. The molecule has 3 N–H and O–H groups in total. The van der Waals surface area contributed by atoms with Crippen LogP contribution in [0.4, 0.5) is 5.13 Å². The molecule has 0 fully saturated rings. The van der Waals surface area contributed by atoms with Crippen LogP contribution in [0.2, 0.25) is 0 Å². The first-order chi connectivity index (χ1) is 10.6. The predicted octanol–water partition coefficient (Wildman–Crippen LogP) is 1.47. The van der Waals surface area contributed by atoms with Crippen LogP contribution in [0.15, 0.2) is 24.3 Å². The van der Waals surface area contributed by atoms with E-state index in [0.29, 0.717) is 11.6 Å². The molecule has 1 atom stereocenters. The fourth-order valence-corrected chi connectivity index (χ4v) is 2.56. The monoisotopic (exact) mass is 358 g/mol. The number of rotatable bonds is 7. The second-order valence-electron chi connectivity index (χ2n) is 4.58. The molecule has 2 aromatic rings. The van der Waals surface area contributed by atoms with Crippen LogP contribution in [0.25, 0.3) is 0 Å². The van der Waals surface area contributed by atoms with Crippen molar-refractivity contribution in [3.05, 3.63) is 34.8 Å². The van der Waals surface area contributed by atoms with Crippen molar-refractivity contribution in [2.24, 2.45) is 5.73 Å². The highest BCUT2D eigenvalue weighted by atomic mass is 35.5. The zero-order chi connectivity index (χ0) is 15.9. The number of benzene rings is 1. The summed E-state index contributed by atoms with van der Waals surface area (Å²) in [5, 5.41) is 11.9. The molecule has 0 saturated carbocycles. The number of amides is 1. The quantitative estimate of drug-likeness (QED) is 0.777. The molecule has 0 bridgehead atoms. The standard InChI is InChI=1S/C14H18N4O3S.ClH/c1-20-8-11(15)13(19)16-14-18-17-12(22-14)7-9-4-3-5-10(6-9)21-2;/h3-6,11H,7-8,15H2,1-2H3,(H,16,18,19);1H. The first-order valence-electron chi connectivity index (χ1n) is 6.63. The molecule has 23 heavy (non-hydrogen) atoms. The number of anilines is 1. The summed E-state index contributed by atoms with van der Waals surface area (Å²) >= 11 is 1.31. The largest absolute Gasteiger partial charge is 0.497 e. The zero-order valence-electron chi connectivity index (χ0n) is 12.8. The maximum atomic E-state index is 11.8. The van der Waals surface area contributed by atoms with E-state index in [1.54, 1.807) is 7.11 Å². The topological polar surface area (TPSA) is 99.4 Å². The fourth-order valence-electron chi connectivity index (χ4n) is 1.79. The Labute approximate surface area is 144 Å². The summed E-state index contributed by atoms with van der Waals surface area (Å²) < 4.78 is 10.0. The lowest BCUT2D eigenvalue weighted by molar-refractivity contribution is -0.118. The highest BCUT2D eigenvalue weighted by molar-refractivity contribution is 7.15. The Kier molecular flexibility index (Phi) is 7.90. The Morgan fingerprint density at radius 2 is 2.17 bits per heavy atom. The van der Waals surface area contributed by atoms with Gasteiger partial charge < -0.3 is 15.2 Å². The van der Waals surface area contributed by atoms with Gasteiger partial charge in [0.05, 0.1) is 13.7 Å². The molecule has 9 heteroatoms. The van der Waals surface area contributed by atoms with E-state index in [-0.39, 0.29) is 24.9 Å². The average Bonchev–Trinajstić information content (AvgIpc) is 2.94. The lowest BCUT2D eigenvalue weighted by Crippen LogP contribution is -2.39. The van der Waals surface area contributed by atoms with E-state index in [4.69, 9.17) is 15.2 Å². The number of nitrogens with zero attached hydrogens (tertiary/aromatic N) is 2. The minimum atomic E-state index is -0.726.